The highest BCUT2D eigenvalue weighted by molar-refractivity contribution is 5.57. The molecule has 0 fully saturated rings. The lowest BCUT2D eigenvalue weighted by atomic mass is 10.4. The predicted molar refractivity (Wildman–Crippen MR) is 34.5 cm³/mol. The molecule has 0 spiro atoms. The van der Waals surface area contributed by atoms with Crippen LogP contribution >= 0.6 is 0 Å². The van der Waals surface area contributed by atoms with E-state index in [1.165, 1.54) is 0 Å². The number of rotatable bonds is 4. The summed E-state index contributed by atoms with van der Waals surface area (Å²) in [7, 11) is 0. The molecule has 0 amide bonds. The van der Waals surface area contributed by atoms with Gasteiger partial charge in [-0.3, -0.25) is 9.63 Å². The van der Waals surface area contributed by atoms with Crippen LogP contribution in [0.4, 0.5) is 0 Å². The van der Waals surface area contributed by atoms with Crippen LogP contribution < -0.4 is 5.48 Å². The zero-order chi connectivity index (χ0) is 7.28. The smallest absolute Gasteiger partial charge is 0.219 e. The summed E-state index contributed by atoms with van der Waals surface area (Å²) in [5.41, 5.74) is 2.51. The maximum Gasteiger partial charge on any atom is 0.219 e. The van der Waals surface area contributed by atoms with Gasteiger partial charge in [-0.25, -0.2) is 0 Å². The van der Waals surface area contributed by atoms with Gasteiger partial charge in [0.1, 0.15) is 0 Å². The van der Waals surface area contributed by atoms with Crippen molar-refractivity contribution in [2.24, 2.45) is 0 Å². The highest BCUT2D eigenvalue weighted by Gasteiger charge is 1.99. The highest BCUT2D eigenvalue weighted by Crippen LogP contribution is 1.83. The van der Waals surface area contributed by atoms with Crippen LogP contribution in [0.1, 0.15) is 20.8 Å². The molecule has 0 aromatic rings. The molecule has 9 heavy (non-hydrogen) atoms. The van der Waals surface area contributed by atoms with E-state index in [-0.39, 0.29) is 12.1 Å². The van der Waals surface area contributed by atoms with Gasteiger partial charge in [-0.05, 0) is 20.8 Å². The number of hydrogen-bond donors (Lipinski definition) is 1. The number of hydrogen-bond acceptors (Lipinski definition) is 3. The molecular formula is C6H12NO2. The second kappa shape index (κ2) is 4.47. The van der Waals surface area contributed by atoms with Crippen molar-refractivity contribution < 1.29 is 9.63 Å². The molecule has 0 heterocycles. The van der Waals surface area contributed by atoms with Crippen LogP contribution in [0.3, 0.4) is 0 Å². The van der Waals surface area contributed by atoms with Gasteiger partial charge in [0.15, 0.2) is 0 Å². The summed E-state index contributed by atoms with van der Waals surface area (Å²) in [4.78, 5) is 14.7. The van der Waals surface area contributed by atoms with Gasteiger partial charge in [0.25, 0.3) is 0 Å². The van der Waals surface area contributed by atoms with Gasteiger partial charge in [0, 0.05) is 0 Å². The fraction of sp³-hybridized carbons (Fsp3) is 0.833. The van der Waals surface area contributed by atoms with E-state index in [4.69, 9.17) is 4.84 Å². The SMILES string of the molecule is CC(C)ON[C@@H](C)[C]=O. The van der Waals surface area contributed by atoms with Crippen molar-refractivity contribution in [3.63, 3.8) is 0 Å². The molecule has 0 aromatic heterocycles. The van der Waals surface area contributed by atoms with Crippen LogP contribution in [-0.4, -0.2) is 18.4 Å². The van der Waals surface area contributed by atoms with Gasteiger partial charge in [-0.15, -0.1) is 0 Å². The van der Waals surface area contributed by atoms with Crippen molar-refractivity contribution in [1.29, 1.82) is 0 Å². The fourth-order valence-electron chi connectivity index (χ4n) is 0.262. The van der Waals surface area contributed by atoms with Crippen LogP contribution in [0.5, 0.6) is 0 Å². The zero-order valence-electron chi connectivity index (χ0n) is 5.97. The van der Waals surface area contributed by atoms with E-state index in [2.05, 4.69) is 5.48 Å². The second-order valence-corrected chi connectivity index (χ2v) is 2.12. The minimum Gasteiger partial charge on any atom is -0.298 e. The monoisotopic (exact) mass is 130 g/mol. The van der Waals surface area contributed by atoms with E-state index in [0.717, 1.165) is 0 Å². The summed E-state index contributed by atoms with van der Waals surface area (Å²) in [6, 6.07) is -0.340. The molecule has 1 atom stereocenters. The van der Waals surface area contributed by atoms with Gasteiger partial charge in [-0.1, -0.05) is 0 Å². The Hall–Kier alpha value is -0.410. The van der Waals surface area contributed by atoms with E-state index in [9.17, 15) is 4.79 Å². The first-order valence-corrected chi connectivity index (χ1v) is 2.95. The van der Waals surface area contributed by atoms with Crippen molar-refractivity contribution >= 4 is 6.29 Å². The summed E-state index contributed by atoms with van der Waals surface area (Å²) in [5.74, 6) is 0. The third-order valence-corrected chi connectivity index (χ3v) is 0.657. The third-order valence-electron chi connectivity index (χ3n) is 0.657. The van der Waals surface area contributed by atoms with E-state index < -0.39 is 0 Å². The number of nitrogens with one attached hydrogen (secondary N) is 1. The van der Waals surface area contributed by atoms with Crippen molar-refractivity contribution in [1.82, 2.24) is 5.48 Å². The molecule has 0 saturated heterocycles. The zero-order valence-corrected chi connectivity index (χ0v) is 5.97. The molecule has 0 aliphatic carbocycles. The molecular weight excluding hydrogens is 118 g/mol. The fourth-order valence-corrected chi connectivity index (χ4v) is 0.262. The second-order valence-electron chi connectivity index (χ2n) is 2.12. The standard InChI is InChI=1S/C6H12NO2/c1-5(2)9-7-6(3)4-8/h5-7H,1-3H3/t6-/m0/s1. The molecule has 53 valence electrons. The lowest BCUT2D eigenvalue weighted by Gasteiger charge is -2.09. The normalized spacial score (nSPS) is 13.8. The van der Waals surface area contributed by atoms with E-state index in [0.29, 0.717) is 0 Å². The average Bonchev–Trinajstić information content (AvgIpc) is 1.83. The van der Waals surface area contributed by atoms with Crippen molar-refractivity contribution in [3.8, 4) is 0 Å². The topological polar surface area (TPSA) is 38.3 Å². The van der Waals surface area contributed by atoms with E-state index >= 15 is 0 Å². The molecule has 0 rings (SSSR count). The highest BCUT2D eigenvalue weighted by atomic mass is 16.7. The Labute approximate surface area is 55.3 Å². The molecule has 0 unspecified atom stereocenters. The summed E-state index contributed by atoms with van der Waals surface area (Å²) < 4.78 is 0. The van der Waals surface area contributed by atoms with Crippen LogP contribution in [0.2, 0.25) is 0 Å². The Morgan fingerprint density at radius 2 is 2.00 bits per heavy atom. The van der Waals surface area contributed by atoms with Crippen molar-refractivity contribution in [3.05, 3.63) is 0 Å². The first kappa shape index (κ1) is 8.59. The lowest BCUT2D eigenvalue weighted by molar-refractivity contribution is -0.0115. The summed E-state index contributed by atoms with van der Waals surface area (Å²) in [6.07, 6.45) is 1.83. The predicted octanol–water partition coefficient (Wildman–Crippen LogP) is 0.414. The van der Waals surface area contributed by atoms with Crippen LogP contribution in [-0.2, 0) is 9.63 Å². The Morgan fingerprint density at radius 3 is 2.33 bits per heavy atom. The largest absolute Gasteiger partial charge is 0.298 e. The van der Waals surface area contributed by atoms with Crippen molar-refractivity contribution in [2.75, 3.05) is 0 Å². The first-order valence-electron chi connectivity index (χ1n) is 2.95. The van der Waals surface area contributed by atoms with Crippen LogP contribution in [0, 0.1) is 0 Å². The molecule has 0 aliphatic heterocycles. The summed E-state index contributed by atoms with van der Waals surface area (Å²) in [6.45, 7) is 5.43. The molecule has 0 aromatic carbocycles. The Balaban J connectivity index is 3.16. The molecule has 3 heteroatoms. The first-order chi connectivity index (χ1) is 4.16. The van der Waals surface area contributed by atoms with Gasteiger partial charge < -0.3 is 0 Å². The minimum absolute atomic E-state index is 0.0980. The summed E-state index contributed by atoms with van der Waals surface area (Å²) >= 11 is 0. The number of carbonyl (C=O) groups excluding carboxylic acids is 1. The maximum atomic E-state index is 9.85. The van der Waals surface area contributed by atoms with Crippen LogP contribution in [0.25, 0.3) is 0 Å². The minimum atomic E-state index is -0.340. The van der Waals surface area contributed by atoms with E-state index in [1.807, 2.05) is 13.8 Å². The molecule has 3 nitrogen and oxygen atoms in total. The lowest BCUT2D eigenvalue weighted by Crippen LogP contribution is -2.29. The average molecular weight is 130 g/mol. The number of hydroxylamine groups is 1. The molecule has 0 aliphatic rings. The van der Waals surface area contributed by atoms with Gasteiger partial charge in [0.05, 0.1) is 12.1 Å². The third kappa shape index (κ3) is 5.46. The van der Waals surface area contributed by atoms with Gasteiger partial charge >= 0.3 is 0 Å². The van der Waals surface area contributed by atoms with Crippen LogP contribution in [0.15, 0.2) is 0 Å². The Morgan fingerprint density at radius 1 is 1.44 bits per heavy atom. The Bertz CT molecular complexity index is 83.1. The summed E-state index contributed by atoms with van der Waals surface area (Å²) in [5, 5.41) is 0. The molecule has 0 bridgehead atoms. The molecule has 1 N–H and O–H groups in total. The van der Waals surface area contributed by atoms with Gasteiger partial charge in [-0.2, -0.15) is 5.48 Å². The van der Waals surface area contributed by atoms with E-state index in [1.54, 1.807) is 13.2 Å². The van der Waals surface area contributed by atoms with Gasteiger partial charge in [0.2, 0.25) is 6.29 Å². The Kier molecular flexibility index (Phi) is 4.26. The van der Waals surface area contributed by atoms with Crippen molar-refractivity contribution in [2.45, 2.75) is 32.9 Å². The quantitative estimate of drug-likeness (QED) is 0.560. The molecule has 0 saturated carbocycles. The molecule has 1 radical (unpaired) electrons. The maximum absolute atomic E-state index is 9.85.